The van der Waals surface area contributed by atoms with Crippen molar-refractivity contribution in [3.8, 4) is 5.75 Å². The van der Waals surface area contributed by atoms with Crippen LogP contribution in [0.15, 0.2) is 42.0 Å². The van der Waals surface area contributed by atoms with Gasteiger partial charge in [0.05, 0.1) is 5.41 Å². The second kappa shape index (κ2) is 10.8. The van der Waals surface area contributed by atoms with Gasteiger partial charge in [0.2, 0.25) is 0 Å². The number of likely N-dealkylation sites (tertiary alicyclic amines) is 1. The molecule has 1 aliphatic heterocycles. The van der Waals surface area contributed by atoms with E-state index in [2.05, 4.69) is 10.2 Å². The Balaban J connectivity index is 1.43. The maximum atomic E-state index is 11.6. The van der Waals surface area contributed by atoms with Crippen LogP contribution in [0, 0.1) is 10.8 Å². The monoisotopic (exact) mass is 529 g/mol. The van der Waals surface area contributed by atoms with Crippen LogP contribution < -0.4 is 10.1 Å². The predicted molar refractivity (Wildman–Crippen MR) is 147 cm³/mol. The van der Waals surface area contributed by atoms with E-state index in [0.29, 0.717) is 31.7 Å². The summed E-state index contributed by atoms with van der Waals surface area (Å²) < 4.78 is 6.07. The fourth-order valence-electron chi connectivity index (χ4n) is 4.92. The normalized spacial score (nSPS) is 19.9. The summed E-state index contributed by atoms with van der Waals surface area (Å²) in [4.78, 5) is 13.8. The highest BCUT2D eigenvalue weighted by Crippen LogP contribution is 2.38. The van der Waals surface area contributed by atoms with Crippen LogP contribution in [0.5, 0.6) is 5.75 Å². The summed E-state index contributed by atoms with van der Waals surface area (Å²) in [6.45, 7) is 8.30. The minimum Gasteiger partial charge on any atom is -0.489 e. The van der Waals surface area contributed by atoms with Crippen LogP contribution in [0.4, 0.5) is 5.69 Å². The number of aliphatic carboxylic acids is 1. The molecule has 2 aromatic rings. The zero-order valence-corrected chi connectivity index (χ0v) is 22.5. The Labute approximate surface area is 222 Å². The smallest absolute Gasteiger partial charge is 0.310 e. The van der Waals surface area contributed by atoms with Crippen LogP contribution >= 0.6 is 23.2 Å². The first kappa shape index (κ1) is 26.5. The third kappa shape index (κ3) is 5.88. The molecule has 3 N–H and O–H groups in total. The van der Waals surface area contributed by atoms with Crippen molar-refractivity contribution >= 4 is 45.1 Å². The molecule has 0 amide bonds. The molecule has 1 atom stereocenters. The SMILES string of the molecule is CC(C)Nc1ccc(COc2ccc3c(c2)CCC(CN2CCC(C)(C(=O)O)C2)=C3Cl)cc1C(=N)Cl. The lowest BCUT2D eigenvalue weighted by Crippen LogP contribution is -2.32. The highest BCUT2D eigenvalue weighted by molar-refractivity contribution is 6.69. The fraction of sp³-hybridized carbons (Fsp3) is 0.429. The molecule has 1 fully saturated rings. The molecule has 6 nitrogen and oxygen atoms in total. The maximum absolute atomic E-state index is 11.6. The summed E-state index contributed by atoms with van der Waals surface area (Å²) in [6, 6.07) is 12.0. The number of fused-ring (bicyclic) bond motifs is 1. The average molecular weight is 530 g/mol. The molecule has 0 spiro atoms. The van der Waals surface area contributed by atoms with Gasteiger partial charge in [-0.15, -0.1) is 0 Å². The molecule has 1 unspecified atom stereocenters. The number of rotatable bonds is 9. The number of nitrogens with one attached hydrogen (secondary N) is 2. The Hall–Kier alpha value is -2.54. The minimum absolute atomic E-state index is 0.00692. The number of halogens is 2. The van der Waals surface area contributed by atoms with E-state index in [0.717, 1.165) is 52.5 Å². The van der Waals surface area contributed by atoms with E-state index >= 15 is 0 Å². The van der Waals surface area contributed by atoms with E-state index in [1.807, 2.05) is 57.2 Å². The molecule has 1 saturated heterocycles. The first-order chi connectivity index (χ1) is 17.1. The molecule has 36 heavy (non-hydrogen) atoms. The Morgan fingerprint density at radius 1 is 1.25 bits per heavy atom. The molecule has 1 heterocycles. The number of hydrogen-bond donors (Lipinski definition) is 3. The number of ether oxygens (including phenoxy) is 1. The Kier molecular flexibility index (Phi) is 7.98. The van der Waals surface area contributed by atoms with E-state index in [9.17, 15) is 9.90 Å². The van der Waals surface area contributed by atoms with Gasteiger partial charge in [0.15, 0.2) is 0 Å². The van der Waals surface area contributed by atoms with Gasteiger partial charge >= 0.3 is 5.97 Å². The molecule has 8 heteroatoms. The average Bonchev–Trinajstić information content (AvgIpc) is 3.21. The Bertz CT molecular complexity index is 1210. The van der Waals surface area contributed by atoms with Gasteiger partial charge in [-0.3, -0.25) is 15.1 Å². The van der Waals surface area contributed by atoms with Crippen molar-refractivity contribution in [2.24, 2.45) is 5.41 Å². The summed E-state index contributed by atoms with van der Waals surface area (Å²) in [6.07, 6.45) is 2.38. The molecule has 1 aliphatic carbocycles. The van der Waals surface area contributed by atoms with Crippen molar-refractivity contribution in [2.45, 2.75) is 52.7 Å². The molecular weight excluding hydrogens is 497 g/mol. The standard InChI is InChI=1S/C28H33Cl2N3O3/c1-17(2)32-24-9-4-18(12-23(24)26(30)31)15-36-21-7-8-22-19(13-21)5-6-20(25(22)29)14-33-11-10-28(3,16-33)27(34)35/h4,7-9,12-13,17,31-32H,5-6,10-11,14-16H2,1-3H3,(H,34,35). The lowest BCUT2D eigenvalue weighted by atomic mass is 9.90. The number of aryl methyl sites for hydroxylation is 1. The molecule has 2 aromatic carbocycles. The van der Waals surface area contributed by atoms with E-state index in [1.165, 1.54) is 5.57 Å². The van der Waals surface area contributed by atoms with E-state index < -0.39 is 11.4 Å². The molecule has 192 valence electrons. The predicted octanol–water partition coefficient (Wildman–Crippen LogP) is 6.34. The zero-order valence-electron chi connectivity index (χ0n) is 21.0. The second-order valence-electron chi connectivity index (χ2n) is 10.3. The summed E-state index contributed by atoms with van der Waals surface area (Å²) in [7, 11) is 0. The largest absolute Gasteiger partial charge is 0.489 e. The lowest BCUT2D eigenvalue weighted by Gasteiger charge is -2.25. The maximum Gasteiger partial charge on any atom is 0.310 e. The molecule has 4 rings (SSSR count). The van der Waals surface area contributed by atoms with Gasteiger partial charge in [0.25, 0.3) is 0 Å². The molecule has 0 aromatic heterocycles. The third-order valence-corrected chi connectivity index (χ3v) is 7.65. The zero-order chi connectivity index (χ0) is 26.0. The van der Waals surface area contributed by atoms with Crippen molar-refractivity contribution in [1.82, 2.24) is 4.90 Å². The second-order valence-corrected chi connectivity index (χ2v) is 11.1. The van der Waals surface area contributed by atoms with Crippen molar-refractivity contribution in [2.75, 3.05) is 25.0 Å². The first-order valence-corrected chi connectivity index (χ1v) is 13.0. The number of hydrogen-bond acceptors (Lipinski definition) is 5. The van der Waals surface area contributed by atoms with Gasteiger partial charge < -0.3 is 15.2 Å². The van der Waals surface area contributed by atoms with Gasteiger partial charge in [-0.2, -0.15) is 0 Å². The summed E-state index contributed by atoms with van der Waals surface area (Å²) in [5.41, 5.74) is 5.08. The number of benzene rings is 2. The highest BCUT2D eigenvalue weighted by Gasteiger charge is 2.40. The molecule has 0 radical (unpaired) electrons. The van der Waals surface area contributed by atoms with Gasteiger partial charge in [-0.1, -0.05) is 29.3 Å². The highest BCUT2D eigenvalue weighted by atomic mass is 35.5. The summed E-state index contributed by atoms with van der Waals surface area (Å²) in [5, 5.41) is 21.5. The quantitative estimate of drug-likeness (QED) is 0.330. The number of nitrogens with zero attached hydrogens (tertiary/aromatic N) is 1. The molecule has 2 aliphatic rings. The molecule has 0 bridgehead atoms. The van der Waals surface area contributed by atoms with Crippen LogP contribution in [0.3, 0.4) is 0 Å². The number of carboxylic acid groups (broad SMARTS) is 1. The van der Waals surface area contributed by atoms with Crippen LogP contribution in [-0.4, -0.2) is 46.8 Å². The number of anilines is 1. The van der Waals surface area contributed by atoms with Gasteiger partial charge in [-0.25, -0.2) is 0 Å². The van der Waals surface area contributed by atoms with Crippen LogP contribution in [0.1, 0.15) is 55.9 Å². The summed E-state index contributed by atoms with van der Waals surface area (Å²) in [5.74, 6) is 0.0391. The Morgan fingerprint density at radius 2 is 2.03 bits per heavy atom. The van der Waals surface area contributed by atoms with Crippen molar-refractivity contribution in [3.05, 3.63) is 64.2 Å². The minimum atomic E-state index is -0.730. The van der Waals surface area contributed by atoms with Gasteiger partial charge in [-0.05, 0) is 99.2 Å². The topological polar surface area (TPSA) is 85.7 Å². The van der Waals surface area contributed by atoms with Crippen LogP contribution in [0.25, 0.3) is 5.03 Å². The van der Waals surface area contributed by atoms with E-state index in [4.69, 9.17) is 33.3 Å². The lowest BCUT2D eigenvalue weighted by molar-refractivity contribution is -0.147. The first-order valence-electron chi connectivity index (χ1n) is 12.3. The van der Waals surface area contributed by atoms with Crippen molar-refractivity contribution in [1.29, 1.82) is 5.41 Å². The van der Waals surface area contributed by atoms with E-state index in [1.54, 1.807) is 0 Å². The van der Waals surface area contributed by atoms with Gasteiger partial charge in [0.1, 0.15) is 17.5 Å². The van der Waals surface area contributed by atoms with Crippen LogP contribution in [-0.2, 0) is 17.8 Å². The van der Waals surface area contributed by atoms with E-state index in [-0.39, 0.29) is 11.2 Å². The van der Waals surface area contributed by atoms with Gasteiger partial charge in [0, 0.05) is 35.4 Å². The third-order valence-electron chi connectivity index (χ3n) is 6.97. The van der Waals surface area contributed by atoms with Crippen molar-refractivity contribution < 1.29 is 14.6 Å². The number of carbonyl (C=O) groups is 1. The number of carboxylic acids is 1. The Morgan fingerprint density at radius 3 is 2.69 bits per heavy atom. The van der Waals surface area contributed by atoms with Crippen molar-refractivity contribution in [3.63, 3.8) is 0 Å². The molecular formula is C28H33Cl2N3O3. The van der Waals surface area contributed by atoms with Crippen LogP contribution in [0.2, 0.25) is 0 Å². The summed E-state index contributed by atoms with van der Waals surface area (Å²) >= 11 is 12.8. The molecule has 0 saturated carbocycles. The fourth-order valence-corrected chi connectivity index (χ4v) is 5.41.